The topological polar surface area (TPSA) is 69.6 Å². The number of carbonyl (C=O) groups excluding carboxylic acids is 1. The van der Waals surface area contributed by atoms with E-state index >= 15 is 0 Å². The Bertz CT molecular complexity index is 807. The first kappa shape index (κ1) is 14.7. The van der Waals surface area contributed by atoms with E-state index in [9.17, 15) is 15.0 Å². The molecule has 3 aromatic carbocycles. The number of nitrogens with one attached hydrogen (secondary N) is 1. The lowest BCUT2D eigenvalue weighted by Crippen LogP contribution is -2.11. The summed E-state index contributed by atoms with van der Waals surface area (Å²) in [4.78, 5) is 12.2. The molecule has 3 aromatic rings. The lowest BCUT2D eigenvalue weighted by molar-refractivity contribution is 0.102. The van der Waals surface area contributed by atoms with Crippen LogP contribution in [0.2, 0.25) is 0 Å². The molecule has 0 spiro atoms. The van der Waals surface area contributed by atoms with Gasteiger partial charge in [0.2, 0.25) is 0 Å². The van der Waals surface area contributed by atoms with Crippen LogP contribution in [0.15, 0.2) is 72.8 Å². The van der Waals surface area contributed by atoms with Gasteiger partial charge in [0.25, 0.3) is 5.91 Å². The third kappa shape index (κ3) is 3.49. The molecule has 0 aliphatic carbocycles. The van der Waals surface area contributed by atoms with Gasteiger partial charge in [0.1, 0.15) is 11.5 Å². The van der Waals surface area contributed by atoms with Gasteiger partial charge in [-0.1, -0.05) is 24.3 Å². The number of phenols is 2. The van der Waals surface area contributed by atoms with E-state index in [0.29, 0.717) is 11.3 Å². The van der Waals surface area contributed by atoms with Crippen LogP contribution in [0.1, 0.15) is 10.4 Å². The highest BCUT2D eigenvalue weighted by molar-refractivity contribution is 6.04. The van der Waals surface area contributed by atoms with Gasteiger partial charge in [0.05, 0.1) is 0 Å². The molecule has 4 nitrogen and oxygen atoms in total. The third-order valence-corrected chi connectivity index (χ3v) is 3.47. The molecule has 0 bridgehead atoms. The first-order chi connectivity index (χ1) is 11.1. The van der Waals surface area contributed by atoms with Crippen LogP contribution < -0.4 is 5.32 Å². The minimum absolute atomic E-state index is 0.154. The molecule has 3 N–H and O–H groups in total. The molecular weight excluding hydrogens is 290 g/mol. The molecule has 0 saturated carbocycles. The number of aromatic hydroxyl groups is 2. The summed E-state index contributed by atoms with van der Waals surface area (Å²) in [5.74, 6) is 0.160. The molecule has 23 heavy (non-hydrogen) atoms. The molecule has 0 fully saturated rings. The highest BCUT2D eigenvalue weighted by Gasteiger charge is 2.06. The van der Waals surface area contributed by atoms with Gasteiger partial charge >= 0.3 is 0 Å². The molecule has 0 aliphatic rings. The summed E-state index contributed by atoms with van der Waals surface area (Å²) in [7, 11) is 0. The van der Waals surface area contributed by atoms with Gasteiger partial charge in [0.15, 0.2) is 0 Å². The van der Waals surface area contributed by atoms with Crippen molar-refractivity contribution in [3.05, 3.63) is 78.4 Å². The van der Waals surface area contributed by atoms with Crippen molar-refractivity contribution in [1.82, 2.24) is 0 Å². The SMILES string of the molecule is O=C(Nc1ccc(O)cc1)c1ccc(-c2ccc(O)cc2)cc1. The molecular formula is C19H15NO3. The van der Waals surface area contributed by atoms with Gasteiger partial charge in [-0.25, -0.2) is 0 Å². The van der Waals surface area contributed by atoms with Crippen molar-refractivity contribution in [2.75, 3.05) is 5.32 Å². The minimum Gasteiger partial charge on any atom is -0.508 e. The van der Waals surface area contributed by atoms with Gasteiger partial charge in [-0.05, 0) is 59.7 Å². The summed E-state index contributed by atoms with van der Waals surface area (Å²) in [6, 6.07) is 20.4. The van der Waals surface area contributed by atoms with E-state index in [1.165, 1.54) is 12.1 Å². The van der Waals surface area contributed by atoms with Crippen molar-refractivity contribution in [3.63, 3.8) is 0 Å². The van der Waals surface area contributed by atoms with E-state index in [1.807, 2.05) is 24.3 Å². The number of hydrogen-bond acceptors (Lipinski definition) is 3. The maximum atomic E-state index is 12.2. The van der Waals surface area contributed by atoms with Gasteiger partial charge in [0, 0.05) is 11.3 Å². The zero-order chi connectivity index (χ0) is 16.2. The van der Waals surface area contributed by atoms with Crippen LogP contribution >= 0.6 is 0 Å². The van der Waals surface area contributed by atoms with Crippen LogP contribution in [-0.2, 0) is 0 Å². The fraction of sp³-hybridized carbons (Fsp3) is 0. The second kappa shape index (κ2) is 6.23. The van der Waals surface area contributed by atoms with E-state index < -0.39 is 0 Å². The molecule has 0 heterocycles. The van der Waals surface area contributed by atoms with Gasteiger partial charge in [-0.2, -0.15) is 0 Å². The first-order valence-corrected chi connectivity index (χ1v) is 7.12. The molecule has 0 aromatic heterocycles. The van der Waals surface area contributed by atoms with Crippen LogP contribution in [0.5, 0.6) is 11.5 Å². The molecule has 4 heteroatoms. The van der Waals surface area contributed by atoms with Crippen LogP contribution in [0, 0.1) is 0 Å². The van der Waals surface area contributed by atoms with E-state index in [1.54, 1.807) is 36.4 Å². The van der Waals surface area contributed by atoms with Gasteiger partial charge in [-0.15, -0.1) is 0 Å². The Morgan fingerprint density at radius 3 is 1.61 bits per heavy atom. The normalized spacial score (nSPS) is 10.3. The predicted octanol–water partition coefficient (Wildman–Crippen LogP) is 4.02. The van der Waals surface area contributed by atoms with Crippen molar-refractivity contribution in [3.8, 4) is 22.6 Å². The zero-order valence-electron chi connectivity index (χ0n) is 12.2. The number of hydrogen-bond donors (Lipinski definition) is 3. The predicted molar refractivity (Wildman–Crippen MR) is 89.6 cm³/mol. The van der Waals surface area contributed by atoms with Crippen molar-refractivity contribution >= 4 is 11.6 Å². The van der Waals surface area contributed by atoms with Gasteiger partial charge < -0.3 is 15.5 Å². The van der Waals surface area contributed by atoms with Crippen LogP contribution in [0.3, 0.4) is 0 Å². The number of phenolic OH excluding ortho intramolecular Hbond substituents is 2. The standard InChI is InChI=1S/C19H15NO3/c21-17-9-5-14(6-10-17)13-1-3-15(4-2-13)19(23)20-16-7-11-18(22)12-8-16/h1-12,21-22H,(H,20,23). The van der Waals surface area contributed by atoms with Crippen molar-refractivity contribution in [2.24, 2.45) is 0 Å². The molecule has 0 atom stereocenters. The van der Waals surface area contributed by atoms with E-state index in [-0.39, 0.29) is 17.4 Å². The highest BCUT2D eigenvalue weighted by atomic mass is 16.3. The Morgan fingerprint density at radius 2 is 1.09 bits per heavy atom. The van der Waals surface area contributed by atoms with Crippen LogP contribution in [0.4, 0.5) is 5.69 Å². The van der Waals surface area contributed by atoms with Crippen molar-refractivity contribution < 1.29 is 15.0 Å². The van der Waals surface area contributed by atoms with E-state index in [2.05, 4.69) is 5.32 Å². The summed E-state index contributed by atoms with van der Waals surface area (Å²) in [6.07, 6.45) is 0. The second-order valence-corrected chi connectivity index (χ2v) is 5.13. The van der Waals surface area contributed by atoms with Crippen molar-refractivity contribution in [1.29, 1.82) is 0 Å². The Labute approximate surface area is 133 Å². The maximum absolute atomic E-state index is 12.2. The molecule has 0 aliphatic heterocycles. The lowest BCUT2D eigenvalue weighted by atomic mass is 10.0. The monoisotopic (exact) mass is 305 g/mol. The molecule has 3 rings (SSSR count). The molecule has 0 saturated heterocycles. The molecule has 0 unspecified atom stereocenters. The third-order valence-electron chi connectivity index (χ3n) is 3.47. The smallest absolute Gasteiger partial charge is 0.255 e. The zero-order valence-corrected chi connectivity index (χ0v) is 12.2. The average molecular weight is 305 g/mol. The van der Waals surface area contributed by atoms with Gasteiger partial charge in [-0.3, -0.25) is 4.79 Å². The summed E-state index contributed by atoms with van der Waals surface area (Å²) in [5, 5.41) is 21.3. The second-order valence-electron chi connectivity index (χ2n) is 5.13. The highest BCUT2D eigenvalue weighted by Crippen LogP contribution is 2.22. The largest absolute Gasteiger partial charge is 0.508 e. The summed E-state index contributed by atoms with van der Waals surface area (Å²) in [6.45, 7) is 0. The lowest BCUT2D eigenvalue weighted by Gasteiger charge is -2.07. The Morgan fingerprint density at radius 1 is 0.652 bits per heavy atom. The van der Waals surface area contributed by atoms with E-state index in [4.69, 9.17) is 0 Å². The molecule has 0 radical (unpaired) electrons. The Hall–Kier alpha value is -3.27. The summed E-state index contributed by atoms with van der Waals surface area (Å²) in [5.41, 5.74) is 3.09. The van der Waals surface area contributed by atoms with E-state index in [0.717, 1.165) is 11.1 Å². The van der Waals surface area contributed by atoms with Crippen LogP contribution in [0.25, 0.3) is 11.1 Å². The number of amides is 1. The average Bonchev–Trinajstić information content (AvgIpc) is 2.58. The summed E-state index contributed by atoms with van der Waals surface area (Å²) >= 11 is 0. The maximum Gasteiger partial charge on any atom is 0.255 e. The fourth-order valence-corrected chi connectivity index (χ4v) is 2.22. The first-order valence-electron chi connectivity index (χ1n) is 7.12. The number of anilines is 1. The molecule has 114 valence electrons. The van der Waals surface area contributed by atoms with Crippen LogP contribution in [-0.4, -0.2) is 16.1 Å². The quantitative estimate of drug-likeness (QED) is 0.640. The number of rotatable bonds is 3. The minimum atomic E-state index is -0.215. The van der Waals surface area contributed by atoms with Crippen molar-refractivity contribution in [2.45, 2.75) is 0 Å². The number of benzene rings is 3. The Kier molecular flexibility index (Phi) is 3.97. The molecule has 1 amide bonds. The Balaban J connectivity index is 1.74. The summed E-state index contributed by atoms with van der Waals surface area (Å²) < 4.78 is 0. The number of carbonyl (C=O) groups is 1. The fourth-order valence-electron chi connectivity index (χ4n) is 2.22.